The summed E-state index contributed by atoms with van der Waals surface area (Å²) in [6.45, 7) is 4.79. The van der Waals surface area contributed by atoms with Crippen molar-refractivity contribution in [3.63, 3.8) is 0 Å². The lowest BCUT2D eigenvalue weighted by Crippen LogP contribution is -2.09. The van der Waals surface area contributed by atoms with Crippen molar-refractivity contribution < 1.29 is 0 Å². The zero-order chi connectivity index (χ0) is 15.8. The fraction of sp³-hybridized carbons (Fsp3) is 0.250. The topological polar surface area (TPSA) is 83.8 Å². The third-order valence-electron chi connectivity index (χ3n) is 3.81. The van der Waals surface area contributed by atoms with Crippen molar-refractivity contribution in [3.8, 4) is 0 Å². The van der Waals surface area contributed by atoms with Crippen LogP contribution in [0.3, 0.4) is 0 Å². The highest BCUT2D eigenvalue weighted by molar-refractivity contribution is 5.74. The Morgan fingerprint density at radius 1 is 1.22 bits per heavy atom. The lowest BCUT2D eigenvalue weighted by molar-refractivity contribution is 0.860. The standard InChI is InChI=1S/C16H17N7/c1-10(2)11-7-20-23-15(11)18-9-19-16(23)17-8-14-21-12-5-3-4-6-13(12)22-14/h3-7,9-10H,8H2,1-2H3,(H,21,22)(H,17,18,19). The van der Waals surface area contributed by atoms with Gasteiger partial charge in [-0.2, -0.15) is 9.61 Å². The Kier molecular flexibility index (Phi) is 3.18. The molecule has 2 N–H and O–H groups in total. The van der Waals surface area contributed by atoms with E-state index in [4.69, 9.17) is 0 Å². The van der Waals surface area contributed by atoms with E-state index in [1.807, 2.05) is 30.5 Å². The first-order valence-electron chi connectivity index (χ1n) is 7.58. The lowest BCUT2D eigenvalue weighted by Gasteiger charge is -2.06. The van der Waals surface area contributed by atoms with Crippen LogP contribution in [0, 0.1) is 0 Å². The van der Waals surface area contributed by atoms with Crippen LogP contribution in [0.5, 0.6) is 0 Å². The molecule has 3 heterocycles. The lowest BCUT2D eigenvalue weighted by atomic mass is 10.1. The van der Waals surface area contributed by atoms with Crippen molar-refractivity contribution in [3.05, 3.63) is 48.2 Å². The summed E-state index contributed by atoms with van der Waals surface area (Å²) in [7, 11) is 0. The number of rotatable bonds is 4. The highest BCUT2D eigenvalue weighted by Gasteiger charge is 2.12. The second kappa shape index (κ2) is 5.35. The number of para-hydroxylation sites is 2. The van der Waals surface area contributed by atoms with Crippen molar-refractivity contribution in [2.75, 3.05) is 5.32 Å². The van der Waals surface area contributed by atoms with E-state index in [0.29, 0.717) is 18.4 Å². The van der Waals surface area contributed by atoms with Gasteiger partial charge in [-0.15, -0.1) is 0 Å². The molecule has 0 bridgehead atoms. The van der Waals surface area contributed by atoms with Crippen LogP contribution in [-0.2, 0) is 6.54 Å². The zero-order valence-electron chi connectivity index (χ0n) is 13.0. The van der Waals surface area contributed by atoms with Crippen molar-refractivity contribution in [2.24, 2.45) is 0 Å². The molecule has 116 valence electrons. The normalized spacial score (nSPS) is 11.6. The van der Waals surface area contributed by atoms with E-state index < -0.39 is 0 Å². The second-order valence-electron chi connectivity index (χ2n) is 5.74. The minimum absolute atomic E-state index is 0.366. The first kappa shape index (κ1) is 13.7. The fourth-order valence-electron chi connectivity index (χ4n) is 2.61. The predicted octanol–water partition coefficient (Wildman–Crippen LogP) is 2.74. The highest BCUT2D eigenvalue weighted by Crippen LogP contribution is 2.20. The summed E-state index contributed by atoms with van der Waals surface area (Å²) >= 11 is 0. The summed E-state index contributed by atoms with van der Waals surface area (Å²) in [5, 5.41) is 7.67. The predicted molar refractivity (Wildman–Crippen MR) is 88.3 cm³/mol. The molecule has 1 aromatic carbocycles. The number of aromatic amines is 1. The van der Waals surface area contributed by atoms with Gasteiger partial charge in [0.2, 0.25) is 5.95 Å². The molecule has 0 aliphatic rings. The van der Waals surface area contributed by atoms with E-state index >= 15 is 0 Å². The summed E-state index contributed by atoms with van der Waals surface area (Å²) in [6.07, 6.45) is 3.41. The van der Waals surface area contributed by atoms with Gasteiger partial charge >= 0.3 is 0 Å². The van der Waals surface area contributed by atoms with E-state index in [-0.39, 0.29) is 0 Å². The molecule has 23 heavy (non-hydrogen) atoms. The van der Waals surface area contributed by atoms with Crippen molar-refractivity contribution in [1.82, 2.24) is 29.5 Å². The Morgan fingerprint density at radius 2 is 2.09 bits per heavy atom. The van der Waals surface area contributed by atoms with Gasteiger partial charge in [0.15, 0.2) is 5.65 Å². The maximum absolute atomic E-state index is 4.55. The van der Waals surface area contributed by atoms with E-state index in [1.54, 1.807) is 10.8 Å². The van der Waals surface area contributed by atoms with Crippen LogP contribution in [0.2, 0.25) is 0 Å². The molecule has 4 aromatic rings. The van der Waals surface area contributed by atoms with Crippen LogP contribution < -0.4 is 5.32 Å². The molecule has 4 rings (SSSR count). The largest absolute Gasteiger partial charge is 0.347 e. The third kappa shape index (κ3) is 2.40. The average molecular weight is 307 g/mol. The maximum Gasteiger partial charge on any atom is 0.227 e. The van der Waals surface area contributed by atoms with Crippen LogP contribution in [-0.4, -0.2) is 29.5 Å². The number of fused-ring (bicyclic) bond motifs is 2. The van der Waals surface area contributed by atoms with E-state index in [2.05, 4.69) is 44.2 Å². The number of imidazole rings is 1. The summed E-state index contributed by atoms with van der Waals surface area (Å²) in [4.78, 5) is 16.5. The number of nitrogens with one attached hydrogen (secondary N) is 2. The monoisotopic (exact) mass is 307 g/mol. The first-order valence-corrected chi connectivity index (χ1v) is 7.58. The van der Waals surface area contributed by atoms with Gasteiger partial charge in [-0.25, -0.2) is 15.0 Å². The molecule has 0 spiro atoms. The SMILES string of the molecule is CC(C)c1cnn2c(NCc3nc4ccccc4[nH]3)ncnc12. The molecule has 0 amide bonds. The minimum Gasteiger partial charge on any atom is -0.347 e. The Labute approximate surface area is 132 Å². The number of benzene rings is 1. The number of hydrogen-bond acceptors (Lipinski definition) is 5. The smallest absolute Gasteiger partial charge is 0.227 e. The quantitative estimate of drug-likeness (QED) is 0.605. The Balaban J connectivity index is 1.62. The second-order valence-corrected chi connectivity index (χ2v) is 5.74. The molecule has 7 nitrogen and oxygen atoms in total. The Hall–Kier alpha value is -2.96. The van der Waals surface area contributed by atoms with E-state index in [1.165, 1.54) is 0 Å². The van der Waals surface area contributed by atoms with Crippen LogP contribution in [0.25, 0.3) is 16.7 Å². The van der Waals surface area contributed by atoms with Crippen LogP contribution in [0.1, 0.15) is 31.2 Å². The fourth-order valence-corrected chi connectivity index (χ4v) is 2.61. The van der Waals surface area contributed by atoms with Gasteiger partial charge in [0.25, 0.3) is 0 Å². The molecule has 3 aromatic heterocycles. The summed E-state index contributed by atoms with van der Waals surface area (Å²) in [5.74, 6) is 1.88. The number of anilines is 1. The molecule has 0 atom stereocenters. The molecule has 7 heteroatoms. The molecule has 0 unspecified atom stereocenters. The van der Waals surface area contributed by atoms with Gasteiger partial charge in [-0.1, -0.05) is 26.0 Å². The Bertz CT molecular complexity index is 934. The van der Waals surface area contributed by atoms with E-state index in [0.717, 1.165) is 28.1 Å². The van der Waals surface area contributed by atoms with Gasteiger partial charge < -0.3 is 10.3 Å². The summed E-state index contributed by atoms with van der Waals surface area (Å²) in [5.41, 5.74) is 3.93. The molecule has 0 aliphatic carbocycles. The zero-order valence-corrected chi connectivity index (χ0v) is 13.0. The molecular formula is C16H17N7. The van der Waals surface area contributed by atoms with Crippen molar-refractivity contribution >= 4 is 22.6 Å². The summed E-state index contributed by atoms with van der Waals surface area (Å²) in [6, 6.07) is 7.96. The van der Waals surface area contributed by atoms with Crippen molar-refractivity contribution in [2.45, 2.75) is 26.3 Å². The molecule has 0 saturated heterocycles. The van der Waals surface area contributed by atoms with Gasteiger partial charge in [-0.05, 0) is 18.1 Å². The number of aromatic nitrogens is 6. The summed E-state index contributed by atoms with van der Waals surface area (Å²) < 4.78 is 1.73. The van der Waals surface area contributed by atoms with Crippen LogP contribution in [0.15, 0.2) is 36.8 Å². The number of H-pyrrole nitrogens is 1. The van der Waals surface area contributed by atoms with Gasteiger partial charge in [0.1, 0.15) is 12.2 Å². The molecule has 0 saturated carbocycles. The maximum atomic E-state index is 4.55. The molecule has 0 radical (unpaired) electrons. The number of hydrogen-bond donors (Lipinski definition) is 2. The molecule has 0 aliphatic heterocycles. The third-order valence-corrected chi connectivity index (χ3v) is 3.81. The average Bonchev–Trinajstić information content (AvgIpc) is 3.16. The van der Waals surface area contributed by atoms with Gasteiger partial charge in [0, 0.05) is 5.56 Å². The Morgan fingerprint density at radius 3 is 2.91 bits per heavy atom. The van der Waals surface area contributed by atoms with Crippen LogP contribution >= 0.6 is 0 Å². The van der Waals surface area contributed by atoms with Gasteiger partial charge in [-0.3, -0.25) is 0 Å². The molecular weight excluding hydrogens is 290 g/mol. The van der Waals surface area contributed by atoms with Crippen LogP contribution in [0.4, 0.5) is 5.95 Å². The van der Waals surface area contributed by atoms with Crippen molar-refractivity contribution in [1.29, 1.82) is 0 Å². The van der Waals surface area contributed by atoms with E-state index in [9.17, 15) is 0 Å². The molecule has 0 fully saturated rings. The van der Waals surface area contributed by atoms with Gasteiger partial charge in [0.05, 0.1) is 23.8 Å². The highest BCUT2D eigenvalue weighted by atomic mass is 15.3. The first-order chi connectivity index (χ1) is 11.2. The minimum atomic E-state index is 0.366. The number of nitrogens with zero attached hydrogens (tertiary/aromatic N) is 5.